The molecule has 0 radical (unpaired) electrons. The zero-order valence-electron chi connectivity index (χ0n) is 14.8. The first-order valence-electron chi connectivity index (χ1n) is 9.11. The molecule has 6 heteroatoms. The number of hydrogen-bond donors (Lipinski definition) is 3. The van der Waals surface area contributed by atoms with E-state index in [9.17, 15) is 9.59 Å². The maximum Gasteiger partial charge on any atom is 0.305 e. The number of fused-ring (bicyclic) bond motifs is 3. The lowest BCUT2D eigenvalue weighted by molar-refractivity contribution is -0.136. The van der Waals surface area contributed by atoms with E-state index in [4.69, 9.17) is 5.11 Å². The predicted octanol–water partition coefficient (Wildman–Crippen LogP) is 3.11. The van der Waals surface area contributed by atoms with Crippen LogP contribution in [0, 0.1) is 5.92 Å². The molecule has 1 aliphatic carbocycles. The average Bonchev–Trinajstić information content (AvgIpc) is 3.17. The Bertz CT molecular complexity index is 895. The van der Waals surface area contributed by atoms with Crippen molar-refractivity contribution in [2.24, 2.45) is 5.92 Å². The van der Waals surface area contributed by atoms with E-state index < -0.39 is 5.97 Å². The van der Waals surface area contributed by atoms with Crippen LogP contribution in [0.25, 0.3) is 0 Å². The van der Waals surface area contributed by atoms with E-state index in [0.717, 1.165) is 23.4 Å². The van der Waals surface area contributed by atoms with Crippen molar-refractivity contribution in [3.63, 3.8) is 0 Å². The zero-order chi connectivity index (χ0) is 18.8. The molecule has 6 nitrogen and oxygen atoms in total. The van der Waals surface area contributed by atoms with Gasteiger partial charge in [-0.2, -0.15) is 0 Å². The highest BCUT2D eigenvalue weighted by Gasteiger charge is 2.38. The summed E-state index contributed by atoms with van der Waals surface area (Å²) in [6, 6.07) is 11.7. The minimum absolute atomic E-state index is 0.0859. The van der Waals surface area contributed by atoms with Crippen LogP contribution < -0.4 is 10.6 Å². The lowest BCUT2D eigenvalue weighted by Gasteiger charge is -2.37. The molecule has 2 heterocycles. The van der Waals surface area contributed by atoms with Crippen molar-refractivity contribution < 1.29 is 14.7 Å². The minimum atomic E-state index is -0.926. The number of carboxylic acids is 1. The molecular weight excluding hydrogens is 342 g/mol. The number of nitrogens with one attached hydrogen (secondary N) is 2. The molecule has 0 unspecified atom stereocenters. The van der Waals surface area contributed by atoms with Gasteiger partial charge in [0.25, 0.3) is 5.91 Å². The number of rotatable bonds is 5. The third kappa shape index (κ3) is 3.43. The molecule has 0 fully saturated rings. The van der Waals surface area contributed by atoms with Crippen molar-refractivity contribution in [2.45, 2.75) is 24.8 Å². The lowest BCUT2D eigenvalue weighted by atomic mass is 9.77. The van der Waals surface area contributed by atoms with Gasteiger partial charge < -0.3 is 15.7 Å². The topological polar surface area (TPSA) is 91.3 Å². The highest BCUT2D eigenvalue weighted by atomic mass is 16.4. The van der Waals surface area contributed by atoms with Gasteiger partial charge in [-0.1, -0.05) is 18.2 Å². The van der Waals surface area contributed by atoms with Crippen LogP contribution in [0.3, 0.4) is 0 Å². The molecule has 2 aliphatic rings. The number of nitrogens with zero attached hydrogens (tertiary/aromatic N) is 1. The van der Waals surface area contributed by atoms with Crippen LogP contribution in [0.4, 0.5) is 5.69 Å². The van der Waals surface area contributed by atoms with Crippen LogP contribution in [0.2, 0.25) is 0 Å². The highest BCUT2D eigenvalue weighted by Crippen LogP contribution is 2.49. The predicted molar refractivity (Wildman–Crippen MR) is 102 cm³/mol. The second kappa shape index (κ2) is 7.23. The number of allylic oxidation sites excluding steroid dienone is 2. The summed E-state index contributed by atoms with van der Waals surface area (Å²) in [5.74, 6) is -0.577. The molecule has 3 N–H and O–H groups in total. The summed E-state index contributed by atoms with van der Waals surface area (Å²) < 4.78 is 0. The van der Waals surface area contributed by atoms with Gasteiger partial charge >= 0.3 is 5.97 Å². The first-order valence-corrected chi connectivity index (χ1v) is 9.11. The maximum absolute atomic E-state index is 12.3. The Kier molecular flexibility index (Phi) is 4.62. The molecule has 0 saturated heterocycles. The third-order valence-electron chi connectivity index (χ3n) is 5.26. The van der Waals surface area contributed by atoms with Crippen LogP contribution in [0.5, 0.6) is 0 Å². The molecule has 3 atom stereocenters. The molecule has 4 rings (SSSR count). The van der Waals surface area contributed by atoms with E-state index >= 15 is 0 Å². The molecule has 1 aliphatic heterocycles. The second-order valence-electron chi connectivity index (χ2n) is 6.93. The first kappa shape index (κ1) is 17.3. The fraction of sp³-hybridized carbons (Fsp3) is 0.286. The molecular formula is C21H21N3O3. The minimum Gasteiger partial charge on any atom is -0.481 e. The summed E-state index contributed by atoms with van der Waals surface area (Å²) in [4.78, 5) is 27.5. The number of aromatic nitrogens is 1. The molecule has 138 valence electrons. The normalized spacial score (nSPS) is 22.4. The number of carbonyl (C=O) groups excluding carboxylic acids is 1. The summed E-state index contributed by atoms with van der Waals surface area (Å²) in [5.41, 5.74) is 3.70. The molecule has 0 saturated carbocycles. The van der Waals surface area contributed by atoms with Crippen LogP contribution in [0.15, 0.2) is 54.7 Å². The average molecular weight is 363 g/mol. The van der Waals surface area contributed by atoms with E-state index in [-0.39, 0.29) is 30.8 Å². The van der Waals surface area contributed by atoms with Crippen molar-refractivity contribution in [1.82, 2.24) is 10.3 Å². The summed E-state index contributed by atoms with van der Waals surface area (Å²) >= 11 is 0. The number of pyridine rings is 1. The Labute approximate surface area is 157 Å². The monoisotopic (exact) mass is 363 g/mol. The Morgan fingerprint density at radius 3 is 2.93 bits per heavy atom. The van der Waals surface area contributed by atoms with Gasteiger partial charge in [0.05, 0.1) is 18.2 Å². The van der Waals surface area contributed by atoms with Crippen LogP contribution >= 0.6 is 0 Å². The fourth-order valence-corrected chi connectivity index (χ4v) is 3.97. The fourth-order valence-electron chi connectivity index (χ4n) is 3.97. The molecule has 0 bridgehead atoms. The van der Waals surface area contributed by atoms with Gasteiger partial charge in [0, 0.05) is 29.9 Å². The molecule has 1 aromatic heterocycles. The van der Waals surface area contributed by atoms with Gasteiger partial charge in [-0.05, 0) is 48.2 Å². The highest BCUT2D eigenvalue weighted by molar-refractivity contribution is 5.95. The van der Waals surface area contributed by atoms with Gasteiger partial charge in [-0.25, -0.2) is 0 Å². The van der Waals surface area contributed by atoms with E-state index in [0.29, 0.717) is 11.5 Å². The summed E-state index contributed by atoms with van der Waals surface area (Å²) in [7, 11) is 0. The van der Waals surface area contributed by atoms with E-state index in [1.807, 2.05) is 36.5 Å². The molecule has 27 heavy (non-hydrogen) atoms. The van der Waals surface area contributed by atoms with Crippen molar-refractivity contribution in [2.75, 3.05) is 11.9 Å². The Morgan fingerprint density at radius 1 is 1.26 bits per heavy atom. The number of carboxylic acid groups (broad SMARTS) is 1. The Morgan fingerprint density at radius 2 is 2.15 bits per heavy atom. The molecule has 1 aromatic carbocycles. The van der Waals surface area contributed by atoms with Gasteiger partial charge in [0.1, 0.15) is 0 Å². The SMILES string of the molecule is O=C(O)CCNC(=O)c1ccc2c(c1)[C@@H]1C=CC[C@@H]1[C@H](c1ccccn1)N2. The Balaban J connectivity index is 1.59. The molecule has 0 spiro atoms. The van der Waals surface area contributed by atoms with Gasteiger partial charge in [-0.3, -0.25) is 14.6 Å². The largest absolute Gasteiger partial charge is 0.481 e. The number of benzene rings is 1. The number of hydrogen-bond acceptors (Lipinski definition) is 4. The van der Waals surface area contributed by atoms with E-state index in [1.165, 1.54) is 0 Å². The molecule has 1 amide bonds. The summed E-state index contributed by atoms with van der Waals surface area (Å²) in [5, 5.41) is 15.0. The van der Waals surface area contributed by atoms with Gasteiger partial charge in [0.2, 0.25) is 0 Å². The van der Waals surface area contributed by atoms with E-state index in [2.05, 4.69) is 27.8 Å². The van der Waals surface area contributed by atoms with Crippen molar-refractivity contribution in [3.8, 4) is 0 Å². The van der Waals surface area contributed by atoms with Crippen molar-refractivity contribution in [3.05, 3.63) is 71.6 Å². The second-order valence-corrected chi connectivity index (χ2v) is 6.93. The van der Waals surface area contributed by atoms with Crippen LogP contribution in [-0.2, 0) is 4.79 Å². The van der Waals surface area contributed by atoms with Crippen LogP contribution in [-0.4, -0.2) is 28.5 Å². The number of aliphatic carboxylic acids is 1. The quantitative estimate of drug-likeness (QED) is 0.710. The maximum atomic E-state index is 12.3. The molecule has 2 aromatic rings. The Hall–Kier alpha value is -3.15. The smallest absolute Gasteiger partial charge is 0.305 e. The van der Waals surface area contributed by atoms with Gasteiger partial charge in [-0.15, -0.1) is 0 Å². The lowest BCUT2D eigenvalue weighted by Crippen LogP contribution is -2.30. The first-order chi connectivity index (χ1) is 13.1. The number of amides is 1. The van der Waals surface area contributed by atoms with E-state index in [1.54, 1.807) is 6.07 Å². The third-order valence-corrected chi connectivity index (χ3v) is 5.26. The van der Waals surface area contributed by atoms with Gasteiger partial charge in [0.15, 0.2) is 0 Å². The summed E-state index contributed by atoms with van der Waals surface area (Å²) in [6.45, 7) is 0.122. The van der Waals surface area contributed by atoms with Crippen molar-refractivity contribution in [1.29, 1.82) is 0 Å². The standard InChI is InChI=1S/C21H21N3O3/c25-19(26)9-11-23-21(27)13-7-8-17-16(12-13)14-4-3-5-15(14)20(24-17)18-6-1-2-10-22-18/h1-4,6-8,10,12,14-15,20,24H,5,9,11H2,(H,23,27)(H,25,26)/t14-,15+,20-/m1/s1. The number of anilines is 1. The number of carbonyl (C=O) groups is 2. The zero-order valence-corrected chi connectivity index (χ0v) is 14.8. The van der Waals surface area contributed by atoms with Crippen LogP contribution in [0.1, 0.15) is 46.4 Å². The summed E-state index contributed by atoms with van der Waals surface area (Å²) in [6.07, 6.45) is 7.10. The van der Waals surface area contributed by atoms with Crippen molar-refractivity contribution >= 4 is 17.6 Å².